The summed E-state index contributed by atoms with van der Waals surface area (Å²) in [6, 6.07) is 10.6. The van der Waals surface area contributed by atoms with Crippen molar-refractivity contribution in [2.45, 2.75) is 51.2 Å². The van der Waals surface area contributed by atoms with Crippen LogP contribution in [0.1, 0.15) is 38.2 Å². The Labute approximate surface area is 129 Å². The van der Waals surface area contributed by atoms with Crippen LogP contribution in [-0.2, 0) is 6.54 Å². The maximum atomic E-state index is 3.58. The van der Waals surface area contributed by atoms with Gasteiger partial charge in [0.1, 0.15) is 0 Å². The molecule has 1 N–H and O–H groups in total. The van der Waals surface area contributed by atoms with Crippen LogP contribution in [0.5, 0.6) is 0 Å². The lowest BCUT2D eigenvalue weighted by Gasteiger charge is -2.37. The largest absolute Gasteiger partial charge is 0.372 e. The molecule has 1 heterocycles. The summed E-state index contributed by atoms with van der Waals surface area (Å²) < 4.78 is 0. The number of hydrogen-bond acceptors (Lipinski definition) is 3. The second kappa shape index (κ2) is 6.80. The summed E-state index contributed by atoms with van der Waals surface area (Å²) >= 11 is 0. The Bertz CT molecular complexity index is 430. The van der Waals surface area contributed by atoms with Crippen molar-refractivity contribution in [1.82, 2.24) is 10.2 Å². The summed E-state index contributed by atoms with van der Waals surface area (Å²) in [5.41, 5.74) is 2.76. The van der Waals surface area contributed by atoms with Crippen molar-refractivity contribution in [1.29, 1.82) is 0 Å². The maximum absolute atomic E-state index is 3.58. The van der Waals surface area contributed by atoms with Crippen LogP contribution in [0.2, 0.25) is 0 Å². The second-order valence-electron chi connectivity index (χ2n) is 6.60. The lowest BCUT2D eigenvalue weighted by molar-refractivity contribution is 0.221. The number of rotatable bonds is 6. The first-order chi connectivity index (χ1) is 10.3. The summed E-state index contributed by atoms with van der Waals surface area (Å²) in [6.45, 7) is 6.96. The van der Waals surface area contributed by atoms with Crippen molar-refractivity contribution in [3.8, 4) is 0 Å². The molecule has 0 radical (unpaired) electrons. The van der Waals surface area contributed by atoms with E-state index in [4.69, 9.17) is 0 Å². The van der Waals surface area contributed by atoms with E-state index in [-0.39, 0.29) is 0 Å². The molecule has 0 spiro atoms. The van der Waals surface area contributed by atoms with Crippen molar-refractivity contribution in [2.24, 2.45) is 0 Å². The average molecular weight is 287 g/mol. The fourth-order valence-corrected chi connectivity index (χ4v) is 3.23. The molecule has 1 aromatic carbocycles. The maximum Gasteiger partial charge on any atom is 0.0366 e. The molecule has 2 aliphatic rings. The van der Waals surface area contributed by atoms with Crippen LogP contribution >= 0.6 is 0 Å². The normalized spacial score (nSPS) is 20.7. The molecule has 3 rings (SSSR count). The van der Waals surface area contributed by atoms with E-state index in [0.29, 0.717) is 6.04 Å². The SMILES string of the molecule is CCN1CCC(N(C)c2ccc(CNC3CC3)cc2)CC1. The van der Waals surface area contributed by atoms with Gasteiger partial charge in [0.2, 0.25) is 0 Å². The Morgan fingerprint density at radius 3 is 2.33 bits per heavy atom. The molecule has 1 aliphatic heterocycles. The highest BCUT2D eigenvalue weighted by molar-refractivity contribution is 5.48. The van der Waals surface area contributed by atoms with E-state index in [1.165, 1.54) is 56.6 Å². The van der Waals surface area contributed by atoms with Crippen LogP contribution in [0.4, 0.5) is 5.69 Å². The van der Waals surface area contributed by atoms with Crippen LogP contribution < -0.4 is 10.2 Å². The third kappa shape index (κ3) is 3.98. The van der Waals surface area contributed by atoms with E-state index in [0.717, 1.165) is 12.6 Å². The highest BCUT2D eigenvalue weighted by Crippen LogP contribution is 2.23. The van der Waals surface area contributed by atoms with Crippen molar-refractivity contribution in [3.63, 3.8) is 0 Å². The van der Waals surface area contributed by atoms with Crippen LogP contribution in [0.15, 0.2) is 24.3 Å². The molecule has 1 saturated heterocycles. The van der Waals surface area contributed by atoms with Crippen molar-refractivity contribution >= 4 is 5.69 Å². The van der Waals surface area contributed by atoms with E-state index in [2.05, 4.69) is 53.4 Å². The lowest BCUT2D eigenvalue weighted by atomic mass is 10.0. The molecule has 0 unspecified atom stereocenters. The number of nitrogens with one attached hydrogen (secondary N) is 1. The van der Waals surface area contributed by atoms with Gasteiger partial charge in [-0.3, -0.25) is 0 Å². The Kier molecular flexibility index (Phi) is 4.81. The van der Waals surface area contributed by atoms with E-state index < -0.39 is 0 Å². The van der Waals surface area contributed by atoms with Crippen molar-refractivity contribution < 1.29 is 0 Å². The quantitative estimate of drug-likeness (QED) is 0.868. The molecule has 21 heavy (non-hydrogen) atoms. The van der Waals surface area contributed by atoms with Crippen LogP contribution in [0, 0.1) is 0 Å². The molecular weight excluding hydrogens is 258 g/mol. The minimum Gasteiger partial charge on any atom is -0.372 e. The highest BCUT2D eigenvalue weighted by atomic mass is 15.2. The zero-order valence-corrected chi connectivity index (χ0v) is 13.5. The predicted octanol–water partition coefficient (Wildman–Crippen LogP) is 2.86. The molecule has 116 valence electrons. The number of likely N-dealkylation sites (tertiary alicyclic amines) is 1. The summed E-state index contributed by atoms with van der Waals surface area (Å²) in [5.74, 6) is 0. The van der Waals surface area contributed by atoms with Crippen molar-refractivity contribution in [2.75, 3.05) is 31.6 Å². The molecule has 0 atom stereocenters. The standard InChI is InChI=1S/C18H29N3/c1-3-21-12-10-18(11-13-21)20(2)17-8-4-15(5-9-17)14-19-16-6-7-16/h4-5,8-9,16,18-19H,3,6-7,10-14H2,1-2H3. The molecule has 3 heteroatoms. The van der Waals surface area contributed by atoms with Gasteiger partial charge in [0, 0.05) is 44.5 Å². The third-order valence-corrected chi connectivity index (χ3v) is 5.07. The third-order valence-electron chi connectivity index (χ3n) is 5.07. The topological polar surface area (TPSA) is 18.5 Å². The minimum absolute atomic E-state index is 0.697. The van der Waals surface area contributed by atoms with E-state index in [9.17, 15) is 0 Å². The van der Waals surface area contributed by atoms with Gasteiger partial charge in [-0.05, 0) is 49.9 Å². The van der Waals surface area contributed by atoms with Gasteiger partial charge in [0.15, 0.2) is 0 Å². The van der Waals surface area contributed by atoms with Crippen LogP contribution in [0.25, 0.3) is 0 Å². The Morgan fingerprint density at radius 2 is 1.76 bits per heavy atom. The first kappa shape index (κ1) is 14.9. The van der Waals surface area contributed by atoms with Crippen LogP contribution in [0.3, 0.4) is 0 Å². The van der Waals surface area contributed by atoms with Gasteiger partial charge in [-0.2, -0.15) is 0 Å². The average Bonchev–Trinajstić information content (AvgIpc) is 3.37. The van der Waals surface area contributed by atoms with Gasteiger partial charge in [0.25, 0.3) is 0 Å². The smallest absolute Gasteiger partial charge is 0.0366 e. The monoisotopic (exact) mass is 287 g/mol. The number of benzene rings is 1. The fourth-order valence-electron chi connectivity index (χ4n) is 3.23. The Balaban J connectivity index is 1.52. The summed E-state index contributed by atoms with van der Waals surface area (Å²) in [5, 5.41) is 3.58. The minimum atomic E-state index is 0.697. The van der Waals surface area contributed by atoms with Gasteiger partial charge in [-0.1, -0.05) is 19.1 Å². The molecule has 1 aromatic rings. The lowest BCUT2D eigenvalue weighted by Crippen LogP contribution is -2.43. The van der Waals surface area contributed by atoms with Gasteiger partial charge < -0.3 is 15.1 Å². The molecule has 0 aromatic heterocycles. The van der Waals surface area contributed by atoms with E-state index >= 15 is 0 Å². The van der Waals surface area contributed by atoms with Gasteiger partial charge >= 0.3 is 0 Å². The summed E-state index contributed by atoms with van der Waals surface area (Å²) in [6.07, 6.45) is 5.29. The van der Waals surface area contributed by atoms with Gasteiger partial charge in [-0.15, -0.1) is 0 Å². The zero-order chi connectivity index (χ0) is 14.7. The molecule has 2 fully saturated rings. The zero-order valence-electron chi connectivity index (χ0n) is 13.5. The van der Waals surface area contributed by atoms with E-state index in [1.54, 1.807) is 0 Å². The molecular formula is C18H29N3. The van der Waals surface area contributed by atoms with Gasteiger partial charge in [0.05, 0.1) is 0 Å². The molecule has 3 nitrogen and oxygen atoms in total. The molecule has 0 bridgehead atoms. The molecule has 0 amide bonds. The Hall–Kier alpha value is -1.06. The number of hydrogen-bond donors (Lipinski definition) is 1. The van der Waals surface area contributed by atoms with Crippen molar-refractivity contribution in [3.05, 3.63) is 29.8 Å². The van der Waals surface area contributed by atoms with Crippen LogP contribution in [-0.4, -0.2) is 43.7 Å². The first-order valence-electron chi connectivity index (χ1n) is 8.53. The fraction of sp³-hybridized carbons (Fsp3) is 0.667. The van der Waals surface area contributed by atoms with E-state index in [1.807, 2.05) is 0 Å². The molecule has 1 aliphatic carbocycles. The summed E-state index contributed by atoms with van der Waals surface area (Å²) in [4.78, 5) is 5.03. The second-order valence-corrected chi connectivity index (χ2v) is 6.60. The number of anilines is 1. The predicted molar refractivity (Wildman–Crippen MR) is 89.8 cm³/mol. The Morgan fingerprint density at radius 1 is 1.10 bits per heavy atom. The summed E-state index contributed by atoms with van der Waals surface area (Å²) in [7, 11) is 2.25. The number of nitrogens with zero attached hydrogens (tertiary/aromatic N) is 2. The first-order valence-corrected chi connectivity index (χ1v) is 8.53. The van der Waals surface area contributed by atoms with Gasteiger partial charge in [-0.25, -0.2) is 0 Å². The molecule has 1 saturated carbocycles. The number of piperidine rings is 1. The highest BCUT2D eigenvalue weighted by Gasteiger charge is 2.22.